The molecule has 2 aromatic rings. The van der Waals surface area contributed by atoms with Gasteiger partial charge in [0.05, 0.1) is 28.1 Å². The number of sulfonamides is 1. The lowest BCUT2D eigenvalue weighted by Gasteiger charge is -2.19. The second kappa shape index (κ2) is 11.1. The molecule has 1 amide bonds. The van der Waals surface area contributed by atoms with Crippen molar-refractivity contribution in [2.24, 2.45) is 0 Å². The molecule has 2 aromatic carbocycles. The Morgan fingerprint density at radius 3 is 2.33 bits per heavy atom. The number of amides is 1. The fourth-order valence-electron chi connectivity index (χ4n) is 2.91. The number of alkyl halides is 3. The highest BCUT2D eigenvalue weighted by Crippen LogP contribution is 2.33. The molecule has 33 heavy (non-hydrogen) atoms. The van der Waals surface area contributed by atoms with Crippen LogP contribution >= 0.6 is 11.6 Å². The average Bonchev–Trinajstić information content (AvgIpc) is 2.70. The van der Waals surface area contributed by atoms with Gasteiger partial charge in [0.25, 0.3) is 5.91 Å². The zero-order valence-electron chi connectivity index (χ0n) is 18.3. The van der Waals surface area contributed by atoms with Gasteiger partial charge in [-0.2, -0.15) is 13.2 Å². The number of likely N-dealkylation sites (N-methyl/N-ethyl adjacent to an activating group) is 1. The van der Waals surface area contributed by atoms with E-state index < -0.39 is 27.7 Å². The van der Waals surface area contributed by atoms with E-state index in [1.54, 1.807) is 0 Å². The largest absolute Gasteiger partial charge is 0.490 e. The van der Waals surface area contributed by atoms with Crippen LogP contribution in [0.3, 0.4) is 0 Å². The lowest BCUT2D eigenvalue weighted by atomic mass is 10.1. The first-order valence-electron chi connectivity index (χ1n) is 9.99. The number of benzene rings is 2. The zero-order chi connectivity index (χ0) is 24.8. The van der Waals surface area contributed by atoms with Crippen LogP contribution in [-0.2, 0) is 16.2 Å². The summed E-state index contributed by atoms with van der Waals surface area (Å²) in [6, 6.07) is 6.71. The molecular weight excluding hydrogens is 483 g/mol. The van der Waals surface area contributed by atoms with Gasteiger partial charge in [-0.3, -0.25) is 9.52 Å². The van der Waals surface area contributed by atoms with Crippen molar-refractivity contribution in [2.75, 3.05) is 42.5 Å². The number of nitrogens with zero attached hydrogens (tertiary/aromatic N) is 1. The first kappa shape index (κ1) is 26.7. The van der Waals surface area contributed by atoms with Crippen LogP contribution in [-0.4, -0.2) is 51.7 Å². The average molecular weight is 508 g/mol. The van der Waals surface area contributed by atoms with Crippen molar-refractivity contribution in [1.29, 1.82) is 0 Å². The molecule has 7 nitrogen and oxygen atoms in total. The van der Waals surface area contributed by atoms with Crippen LogP contribution in [0.2, 0.25) is 5.02 Å². The maximum Gasteiger partial charge on any atom is 0.416 e. The van der Waals surface area contributed by atoms with E-state index in [2.05, 4.69) is 14.9 Å². The van der Waals surface area contributed by atoms with Crippen LogP contribution in [0.5, 0.6) is 5.75 Å². The highest BCUT2D eigenvalue weighted by molar-refractivity contribution is 7.92. The van der Waals surface area contributed by atoms with Gasteiger partial charge in [0.15, 0.2) is 0 Å². The van der Waals surface area contributed by atoms with E-state index in [1.807, 2.05) is 13.8 Å². The summed E-state index contributed by atoms with van der Waals surface area (Å²) >= 11 is 5.87. The number of hydrogen-bond donors (Lipinski definition) is 2. The van der Waals surface area contributed by atoms with Crippen molar-refractivity contribution < 1.29 is 31.1 Å². The number of rotatable bonds is 10. The van der Waals surface area contributed by atoms with Gasteiger partial charge in [-0.25, -0.2) is 8.42 Å². The van der Waals surface area contributed by atoms with Crippen LogP contribution in [0.15, 0.2) is 36.4 Å². The number of halogens is 4. The van der Waals surface area contributed by atoms with Crippen molar-refractivity contribution in [3.63, 3.8) is 0 Å². The van der Waals surface area contributed by atoms with E-state index in [9.17, 15) is 26.4 Å². The Kier molecular flexibility index (Phi) is 8.98. The van der Waals surface area contributed by atoms with Gasteiger partial charge in [0.2, 0.25) is 10.0 Å². The molecule has 0 unspecified atom stereocenters. The predicted molar refractivity (Wildman–Crippen MR) is 123 cm³/mol. The van der Waals surface area contributed by atoms with Crippen LogP contribution < -0.4 is 14.8 Å². The summed E-state index contributed by atoms with van der Waals surface area (Å²) in [5.41, 5.74) is -0.844. The predicted octanol–water partition coefficient (Wildman–Crippen LogP) is 4.70. The summed E-state index contributed by atoms with van der Waals surface area (Å²) in [4.78, 5) is 14.7. The summed E-state index contributed by atoms with van der Waals surface area (Å²) in [7, 11) is -3.65. The summed E-state index contributed by atoms with van der Waals surface area (Å²) < 4.78 is 70.0. The Morgan fingerprint density at radius 2 is 1.79 bits per heavy atom. The summed E-state index contributed by atoms with van der Waals surface area (Å²) in [5, 5.41) is 2.13. The molecule has 0 aliphatic rings. The molecule has 0 aliphatic heterocycles. The molecule has 0 heterocycles. The van der Waals surface area contributed by atoms with Gasteiger partial charge in [0, 0.05) is 12.2 Å². The Hall–Kier alpha value is -2.50. The standard InChI is InChI=1S/C21H25ClF3N3O4S/c1-4-28(5-2)10-11-32-19-9-7-15(13-18(19)27-33(3,30)31)26-20(29)16-8-6-14(12-17(16)22)21(23,24)25/h6-9,12-13,27H,4-5,10-11H2,1-3H3,(H,26,29). The third-order valence-electron chi connectivity index (χ3n) is 4.63. The molecule has 0 fully saturated rings. The molecule has 2 N–H and O–H groups in total. The minimum Gasteiger partial charge on any atom is -0.490 e. The van der Waals surface area contributed by atoms with E-state index in [1.165, 1.54) is 18.2 Å². The molecule has 0 saturated heterocycles. The number of carbonyl (C=O) groups excluding carboxylic acids is 1. The number of nitrogens with one attached hydrogen (secondary N) is 2. The summed E-state index contributed by atoms with van der Waals surface area (Å²) in [5.74, 6) is -0.493. The van der Waals surface area contributed by atoms with Crippen LogP contribution in [0.25, 0.3) is 0 Å². The third kappa shape index (κ3) is 8.09. The highest BCUT2D eigenvalue weighted by Gasteiger charge is 2.31. The lowest BCUT2D eigenvalue weighted by Crippen LogP contribution is -2.28. The second-order valence-corrected chi connectivity index (χ2v) is 9.26. The molecule has 12 heteroatoms. The number of anilines is 2. The van der Waals surface area contributed by atoms with Gasteiger partial charge in [-0.05, 0) is 49.5 Å². The molecule has 0 bridgehead atoms. The maximum absolute atomic E-state index is 12.8. The fraction of sp³-hybridized carbons (Fsp3) is 0.381. The highest BCUT2D eigenvalue weighted by atomic mass is 35.5. The van der Waals surface area contributed by atoms with Gasteiger partial charge in [-0.1, -0.05) is 25.4 Å². The van der Waals surface area contributed by atoms with Gasteiger partial charge < -0.3 is 15.0 Å². The van der Waals surface area contributed by atoms with E-state index in [-0.39, 0.29) is 27.7 Å². The van der Waals surface area contributed by atoms with E-state index >= 15 is 0 Å². The van der Waals surface area contributed by atoms with Crippen LogP contribution in [0.1, 0.15) is 29.8 Å². The molecule has 182 valence electrons. The van der Waals surface area contributed by atoms with Gasteiger partial charge in [-0.15, -0.1) is 0 Å². The fourth-order valence-corrected chi connectivity index (χ4v) is 3.74. The Bertz CT molecular complexity index is 1090. The SMILES string of the molecule is CCN(CC)CCOc1ccc(NC(=O)c2ccc(C(F)(F)F)cc2Cl)cc1NS(C)(=O)=O. The molecule has 0 radical (unpaired) electrons. The summed E-state index contributed by atoms with van der Waals surface area (Å²) in [6.45, 7) is 6.65. The monoisotopic (exact) mass is 507 g/mol. The molecule has 0 aromatic heterocycles. The second-order valence-electron chi connectivity index (χ2n) is 7.11. The van der Waals surface area contributed by atoms with E-state index in [0.29, 0.717) is 19.2 Å². The zero-order valence-corrected chi connectivity index (χ0v) is 19.9. The molecule has 0 aliphatic carbocycles. The minimum absolute atomic E-state index is 0.105. The molecular formula is C21H25ClF3N3O4S. The van der Waals surface area contributed by atoms with Crippen molar-refractivity contribution in [2.45, 2.75) is 20.0 Å². The molecule has 2 rings (SSSR count). The molecule has 0 saturated carbocycles. The first-order valence-corrected chi connectivity index (χ1v) is 12.3. The smallest absolute Gasteiger partial charge is 0.416 e. The van der Waals surface area contributed by atoms with Gasteiger partial charge in [0.1, 0.15) is 12.4 Å². The Morgan fingerprint density at radius 1 is 1.12 bits per heavy atom. The summed E-state index contributed by atoms with van der Waals surface area (Å²) in [6.07, 6.45) is -3.62. The van der Waals surface area contributed by atoms with Crippen molar-refractivity contribution in [1.82, 2.24) is 4.90 Å². The maximum atomic E-state index is 12.8. The Balaban J connectivity index is 2.23. The van der Waals surface area contributed by atoms with Crippen molar-refractivity contribution in [3.05, 3.63) is 52.5 Å². The number of ether oxygens (including phenoxy) is 1. The van der Waals surface area contributed by atoms with Crippen LogP contribution in [0.4, 0.5) is 24.5 Å². The first-order chi connectivity index (χ1) is 15.3. The molecule has 0 spiro atoms. The van der Waals surface area contributed by atoms with Gasteiger partial charge >= 0.3 is 6.18 Å². The minimum atomic E-state index is -4.59. The topological polar surface area (TPSA) is 87.7 Å². The molecule has 0 atom stereocenters. The lowest BCUT2D eigenvalue weighted by molar-refractivity contribution is -0.137. The third-order valence-corrected chi connectivity index (χ3v) is 5.54. The van der Waals surface area contributed by atoms with Crippen LogP contribution in [0, 0.1) is 0 Å². The normalized spacial score (nSPS) is 12.0. The van der Waals surface area contributed by atoms with E-state index in [0.717, 1.165) is 31.5 Å². The van der Waals surface area contributed by atoms with Crippen molar-refractivity contribution in [3.8, 4) is 5.75 Å². The number of carbonyl (C=O) groups is 1. The van der Waals surface area contributed by atoms with E-state index in [4.69, 9.17) is 16.3 Å². The number of hydrogen-bond acceptors (Lipinski definition) is 5. The van der Waals surface area contributed by atoms with Crippen molar-refractivity contribution >= 4 is 38.9 Å². The Labute approximate surface area is 195 Å². The quantitative estimate of drug-likeness (QED) is 0.486.